The smallest absolute Gasteiger partial charge is 0.219 e. The van der Waals surface area contributed by atoms with Gasteiger partial charge in [0.25, 0.3) is 0 Å². The van der Waals surface area contributed by atoms with Crippen LogP contribution in [0.1, 0.15) is 49.5 Å². The van der Waals surface area contributed by atoms with E-state index in [4.69, 9.17) is 0 Å². The zero-order chi connectivity index (χ0) is 18.4. The Hall–Kier alpha value is -2.21. The van der Waals surface area contributed by atoms with Gasteiger partial charge in [0.15, 0.2) is 9.84 Å². The minimum absolute atomic E-state index is 0.0205. The first-order chi connectivity index (χ1) is 11.9. The summed E-state index contributed by atoms with van der Waals surface area (Å²) < 4.78 is 26.3. The summed E-state index contributed by atoms with van der Waals surface area (Å²) in [7, 11) is -3.66. The third-order valence-electron chi connectivity index (χ3n) is 4.11. The highest BCUT2D eigenvalue weighted by atomic mass is 32.2. The number of nitrogens with one attached hydrogen (secondary N) is 1. The van der Waals surface area contributed by atoms with Crippen LogP contribution in [-0.4, -0.2) is 25.9 Å². The van der Waals surface area contributed by atoms with E-state index in [2.05, 4.69) is 24.1 Å². The van der Waals surface area contributed by atoms with Crippen molar-refractivity contribution in [2.24, 2.45) is 0 Å². The van der Waals surface area contributed by atoms with Gasteiger partial charge < -0.3 is 5.32 Å². The highest BCUT2D eigenvalue weighted by Gasteiger charge is 2.29. The van der Waals surface area contributed by atoms with E-state index >= 15 is 0 Å². The predicted octanol–water partition coefficient (Wildman–Crippen LogP) is 3.25. The minimum atomic E-state index is -3.66. The Labute approximate surface area is 149 Å². The van der Waals surface area contributed by atoms with Crippen LogP contribution in [0.4, 0.5) is 0 Å². The minimum Gasteiger partial charge on any atom is -0.354 e. The van der Waals surface area contributed by atoms with Crippen LogP contribution in [-0.2, 0) is 14.6 Å². The molecule has 0 radical (unpaired) electrons. The van der Waals surface area contributed by atoms with Crippen molar-refractivity contribution in [1.82, 2.24) is 10.3 Å². The summed E-state index contributed by atoms with van der Waals surface area (Å²) in [6.07, 6.45) is 3.43. The molecular formula is C19H24N2O3S. The molecule has 0 aliphatic carbocycles. The van der Waals surface area contributed by atoms with E-state index < -0.39 is 15.1 Å². The van der Waals surface area contributed by atoms with Crippen molar-refractivity contribution >= 4 is 15.7 Å². The number of nitrogens with zero attached hydrogens (tertiary/aromatic N) is 1. The summed E-state index contributed by atoms with van der Waals surface area (Å²) >= 11 is 0. The Balaban J connectivity index is 2.38. The quantitative estimate of drug-likeness (QED) is 0.822. The van der Waals surface area contributed by atoms with Crippen LogP contribution in [0.2, 0.25) is 0 Å². The predicted molar refractivity (Wildman–Crippen MR) is 98.0 cm³/mol. The molecule has 0 bridgehead atoms. The van der Waals surface area contributed by atoms with Crippen LogP contribution >= 0.6 is 0 Å². The molecule has 0 aliphatic rings. The van der Waals surface area contributed by atoms with Crippen LogP contribution in [0.3, 0.4) is 0 Å². The first kappa shape index (κ1) is 19.1. The second kappa shape index (κ2) is 8.25. The number of sulfone groups is 1. The summed E-state index contributed by atoms with van der Waals surface area (Å²) in [5.74, 6) is 0.147. The lowest BCUT2D eigenvalue weighted by molar-refractivity contribution is -0.120. The molecule has 1 N–H and O–H groups in total. The summed E-state index contributed by atoms with van der Waals surface area (Å²) in [5, 5.41) is 1.82. The van der Waals surface area contributed by atoms with E-state index in [0.717, 1.165) is 5.56 Å². The van der Waals surface area contributed by atoms with Crippen LogP contribution in [0.25, 0.3) is 0 Å². The molecule has 1 aromatic carbocycles. The highest BCUT2D eigenvalue weighted by molar-refractivity contribution is 7.91. The molecule has 0 saturated heterocycles. The molecular weight excluding hydrogens is 336 g/mol. The molecule has 1 amide bonds. The summed E-state index contributed by atoms with van der Waals surface area (Å²) in [6, 6.07) is 10.4. The van der Waals surface area contributed by atoms with E-state index in [1.54, 1.807) is 37.4 Å². The van der Waals surface area contributed by atoms with Crippen molar-refractivity contribution in [2.75, 3.05) is 6.54 Å². The van der Waals surface area contributed by atoms with Gasteiger partial charge in [-0.1, -0.05) is 39.0 Å². The van der Waals surface area contributed by atoms with Gasteiger partial charge in [-0.05, 0) is 35.2 Å². The fourth-order valence-electron chi connectivity index (χ4n) is 2.51. The average molecular weight is 360 g/mol. The summed E-state index contributed by atoms with van der Waals surface area (Å²) in [4.78, 5) is 15.9. The Morgan fingerprint density at radius 3 is 2.32 bits per heavy atom. The number of carbonyl (C=O) groups is 1. The molecule has 1 atom stereocenters. The van der Waals surface area contributed by atoms with Crippen LogP contribution in [0.5, 0.6) is 0 Å². The zero-order valence-electron chi connectivity index (χ0n) is 14.8. The Bertz CT molecular complexity index is 800. The van der Waals surface area contributed by atoms with E-state index in [-0.39, 0.29) is 17.3 Å². The maximum Gasteiger partial charge on any atom is 0.219 e. The molecule has 25 heavy (non-hydrogen) atoms. The third-order valence-corrected chi connectivity index (χ3v) is 6.23. The van der Waals surface area contributed by atoms with E-state index in [9.17, 15) is 13.2 Å². The lowest BCUT2D eigenvalue weighted by Gasteiger charge is -2.19. The van der Waals surface area contributed by atoms with Crippen molar-refractivity contribution in [2.45, 2.75) is 43.3 Å². The highest BCUT2D eigenvalue weighted by Crippen LogP contribution is 2.29. The monoisotopic (exact) mass is 360 g/mol. The SMILES string of the molecule is CCC(=O)NC[C@@H](c1cccnc1)S(=O)(=O)c1ccc(C(C)C)cc1. The molecule has 0 spiro atoms. The lowest BCUT2D eigenvalue weighted by Crippen LogP contribution is -2.31. The molecule has 2 aromatic rings. The number of rotatable bonds is 7. The number of hydrogen-bond donors (Lipinski definition) is 1. The van der Waals surface area contributed by atoms with E-state index in [0.29, 0.717) is 17.9 Å². The summed E-state index contributed by atoms with van der Waals surface area (Å²) in [5.41, 5.74) is 1.64. The normalized spacial score (nSPS) is 12.8. The molecule has 1 aromatic heterocycles. The molecule has 2 rings (SSSR count). The first-order valence-corrected chi connectivity index (χ1v) is 9.91. The Morgan fingerprint density at radius 1 is 1.12 bits per heavy atom. The van der Waals surface area contributed by atoms with Crippen molar-refractivity contribution in [3.8, 4) is 0 Å². The Morgan fingerprint density at radius 2 is 1.80 bits per heavy atom. The molecule has 5 nitrogen and oxygen atoms in total. The number of carbonyl (C=O) groups excluding carboxylic acids is 1. The van der Waals surface area contributed by atoms with Crippen LogP contribution in [0, 0.1) is 0 Å². The van der Waals surface area contributed by atoms with Crippen LogP contribution in [0.15, 0.2) is 53.7 Å². The Kier molecular flexibility index (Phi) is 6.31. The topological polar surface area (TPSA) is 76.1 Å². The standard InChI is InChI=1S/C19H24N2O3S/c1-4-19(22)21-13-18(16-6-5-11-20-12-16)25(23,24)17-9-7-15(8-10-17)14(2)3/h5-12,14,18H,4,13H2,1-3H3,(H,21,22)/t18-/m0/s1. The third kappa shape index (κ3) is 4.66. The number of benzene rings is 1. The zero-order valence-corrected chi connectivity index (χ0v) is 15.6. The fourth-order valence-corrected chi connectivity index (χ4v) is 4.16. The van der Waals surface area contributed by atoms with Crippen molar-refractivity contribution < 1.29 is 13.2 Å². The molecule has 0 aliphatic heterocycles. The second-order valence-electron chi connectivity index (χ2n) is 6.20. The van der Waals surface area contributed by atoms with Crippen molar-refractivity contribution in [1.29, 1.82) is 0 Å². The van der Waals surface area contributed by atoms with Gasteiger partial charge >= 0.3 is 0 Å². The van der Waals surface area contributed by atoms with Gasteiger partial charge in [-0.15, -0.1) is 0 Å². The molecule has 0 unspecified atom stereocenters. The first-order valence-electron chi connectivity index (χ1n) is 8.36. The van der Waals surface area contributed by atoms with Crippen molar-refractivity contribution in [3.05, 3.63) is 59.9 Å². The number of hydrogen-bond acceptors (Lipinski definition) is 4. The number of pyridine rings is 1. The van der Waals surface area contributed by atoms with Gasteiger partial charge in [-0.2, -0.15) is 0 Å². The molecule has 0 saturated carbocycles. The van der Waals surface area contributed by atoms with Gasteiger partial charge in [0.05, 0.1) is 4.90 Å². The fraction of sp³-hybridized carbons (Fsp3) is 0.368. The summed E-state index contributed by atoms with van der Waals surface area (Å²) in [6.45, 7) is 5.87. The van der Waals surface area contributed by atoms with Gasteiger partial charge in [0, 0.05) is 25.4 Å². The molecule has 134 valence electrons. The van der Waals surface area contributed by atoms with Gasteiger partial charge in [0.2, 0.25) is 5.91 Å². The van der Waals surface area contributed by atoms with Gasteiger partial charge in [0.1, 0.15) is 5.25 Å². The second-order valence-corrected chi connectivity index (χ2v) is 8.33. The molecule has 1 heterocycles. The van der Waals surface area contributed by atoms with E-state index in [1.165, 1.54) is 6.20 Å². The maximum absolute atomic E-state index is 13.1. The lowest BCUT2D eigenvalue weighted by atomic mass is 10.0. The van der Waals surface area contributed by atoms with Gasteiger partial charge in [-0.25, -0.2) is 8.42 Å². The van der Waals surface area contributed by atoms with Crippen molar-refractivity contribution in [3.63, 3.8) is 0 Å². The molecule has 6 heteroatoms. The van der Waals surface area contributed by atoms with Crippen LogP contribution < -0.4 is 5.32 Å². The number of aromatic nitrogens is 1. The van der Waals surface area contributed by atoms with E-state index in [1.807, 2.05) is 12.1 Å². The largest absolute Gasteiger partial charge is 0.354 e. The maximum atomic E-state index is 13.1. The average Bonchev–Trinajstić information content (AvgIpc) is 2.62. The van der Waals surface area contributed by atoms with Gasteiger partial charge in [-0.3, -0.25) is 9.78 Å². The number of amides is 1. The molecule has 0 fully saturated rings.